The number of thiophene rings is 1. The third-order valence-corrected chi connectivity index (χ3v) is 5.09. The van der Waals surface area contributed by atoms with E-state index in [1.807, 2.05) is 33.6 Å². The summed E-state index contributed by atoms with van der Waals surface area (Å²) in [6.07, 6.45) is 2.99. The number of hydrogen-bond donors (Lipinski definition) is 0. The Hall–Kier alpha value is -1.24. The minimum absolute atomic E-state index is 0.722. The van der Waals surface area contributed by atoms with Gasteiger partial charge in [-0.05, 0) is 42.6 Å². The van der Waals surface area contributed by atoms with Gasteiger partial charge in [-0.2, -0.15) is 5.10 Å². The predicted molar refractivity (Wildman–Crippen MR) is 84.4 cm³/mol. The molecule has 2 aromatic heterocycles. The van der Waals surface area contributed by atoms with Crippen molar-refractivity contribution in [2.24, 2.45) is 0 Å². The maximum absolute atomic E-state index is 5.50. The van der Waals surface area contributed by atoms with Crippen LogP contribution < -0.4 is 0 Å². The maximum atomic E-state index is 5.50. The molecule has 1 aliphatic heterocycles. The Morgan fingerprint density at radius 3 is 3.20 bits per heavy atom. The number of rotatable bonds is 4. The van der Waals surface area contributed by atoms with Crippen molar-refractivity contribution in [3.05, 3.63) is 45.1 Å². The lowest BCUT2D eigenvalue weighted by Crippen LogP contribution is -2.32. The normalized spacial score (nSPS) is 15.2. The molecule has 0 aromatic carbocycles. The first kappa shape index (κ1) is 13.7. The van der Waals surface area contributed by atoms with Crippen LogP contribution in [0.1, 0.15) is 16.3 Å². The summed E-state index contributed by atoms with van der Waals surface area (Å²) in [5.41, 5.74) is 1.45. The summed E-state index contributed by atoms with van der Waals surface area (Å²) in [7, 11) is 0. The van der Waals surface area contributed by atoms with Gasteiger partial charge < -0.3 is 4.57 Å². The van der Waals surface area contributed by atoms with Crippen molar-refractivity contribution in [3.8, 4) is 0 Å². The number of allylic oxidation sites excluding steroid dienone is 1. The van der Waals surface area contributed by atoms with E-state index in [1.165, 1.54) is 10.4 Å². The lowest BCUT2D eigenvalue weighted by Gasteiger charge is -2.26. The summed E-state index contributed by atoms with van der Waals surface area (Å²) in [6.45, 7) is 9.31. The van der Waals surface area contributed by atoms with Crippen LogP contribution in [0.5, 0.6) is 0 Å². The smallest absolute Gasteiger partial charge is 0.199 e. The van der Waals surface area contributed by atoms with Gasteiger partial charge in [0.2, 0.25) is 0 Å². The van der Waals surface area contributed by atoms with Crippen molar-refractivity contribution < 1.29 is 0 Å². The molecule has 0 saturated heterocycles. The fraction of sp³-hybridized carbons (Fsp3) is 0.429. The van der Waals surface area contributed by atoms with Gasteiger partial charge in [0.25, 0.3) is 0 Å². The monoisotopic (exact) mass is 306 g/mol. The second kappa shape index (κ2) is 5.63. The molecule has 0 fully saturated rings. The Morgan fingerprint density at radius 1 is 1.55 bits per heavy atom. The van der Waals surface area contributed by atoms with Gasteiger partial charge in [0.15, 0.2) is 4.77 Å². The minimum Gasteiger partial charge on any atom is -0.300 e. The molecule has 0 amide bonds. The lowest BCUT2D eigenvalue weighted by atomic mass is 10.1. The zero-order chi connectivity index (χ0) is 14.1. The molecule has 0 unspecified atom stereocenters. The largest absolute Gasteiger partial charge is 0.300 e. The third kappa shape index (κ3) is 2.51. The zero-order valence-corrected chi connectivity index (χ0v) is 13.2. The van der Waals surface area contributed by atoms with Crippen molar-refractivity contribution >= 4 is 23.6 Å². The highest BCUT2D eigenvalue weighted by Gasteiger charge is 2.18. The molecule has 0 bridgehead atoms. The first-order valence-electron chi connectivity index (χ1n) is 6.72. The van der Waals surface area contributed by atoms with Crippen molar-refractivity contribution in [2.75, 3.05) is 6.54 Å². The van der Waals surface area contributed by atoms with Crippen LogP contribution in [0.4, 0.5) is 0 Å². The molecule has 3 heterocycles. The Morgan fingerprint density at radius 2 is 2.40 bits per heavy atom. The van der Waals surface area contributed by atoms with Crippen molar-refractivity contribution in [1.82, 2.24) is 19.2 Å². The first-order valence-corrected chi connectivity index (χ1v) is 8.00. The Labute approximate surface area is 128 Å². The number of nitrogens with zero attached hydrogens (tertiary/aromatic N) is 4. The molecule has 2 aromatic rings. The third-order valence-electron chi connectivity index (χ3n) is 3.64. The average molecular weight is 306 g/mol. The quantitative estimate of drug-likeness (QED) is 0.641. The molecular formula is C14H18N4S2. The molecule has 0 radical (unpaired) electrons. The SMILES string of the molecule is C=CCn1c(C)nn(CN2CCc3sccc3C2)c1=S. The van der Waals surface area contributed by atoms with E-state index in [4.69, 9.17) is 12.2 Å². The minimum atomic E-state index is 0.722. The summed E-state index contributed by atoms with van der Waals surface area (Å²) in [6, 6.07) is 2.23. The summed E-state index contributed by atoms with van der Waals surface area (Å²) in [5.74, 6) is 0.947. The second-order valence-electron chi connectivity index (χ2n) is 5.04. The molecule has 1 aliphatic rings. The molecule has 6 heteroatoms. The summed E-state index contributed by atoms with van der Waals surface area (Å²) >= 11 is 7.36. The number of aromatic nitrogens is 3. The van der Waals surface area contributed by atoms with Gasteiger partial charge >= 0.3 is 0 Å². The Balaban J connectivity index is 1.78. The van der Waals surface area contributed by atoms with Gasteiger partial charge in [0.1, 0.15) is 5.82 Å². The van der Waals surface area contributed by atoms with Crippen LogP contribution in [-0.4, -0.2) is 25.8 Å². The van der Waals surface area contributed by atoms with E-state index < -0.39 is 0 Å². The molecule has 0 spiro atoms. The molecule has 0 saturated carbocycles. The van der Waals surface area contributed by atoms with Gasteiger partial charge in [-0.15, -0.1) is 17.9 Å². The molecule has 4 nitrogen and oxygen atoms in total. The fourth-order valence-electron chi connectivity index (χ4n) is 2.60. The van der Waals surface area contributed by atoms with Crippen LogP contribution in [0.2, 0.25) is 0 Å². The molecular weight excluding hydrogens is 288 g/mol. The molecule has 0 aliphatic carbocycles. The number of fused-ring (bicyclic) bond motifs is 1. The van der Waals surface area contributed by atoms with E-state index in [-0.39, 0.29) is 0 Å². The molecule has 0 N–H and O–H groups in total. The topological polar surface area (TPSA) is 26.0 Å². The zero-order valence-electron chi connectivity index (χ0n) is 11.6. The van der Waals surface area contributed by atoms with Crippen LogP contribution >= 0.6 is 23.6 Å². The van der Waals surface area contributed by atoms with Crippen molar-refractivity contribution in [2.45, 2.75) is 33.1 Å². The van der Waals surface area contributed by atoms with Crippen LogP contribution in [0.15, 0.2) is 24.1 Å². The van der Waals surface area contributed by atoms with Crippen LogP contribution in [0.3, 0.4) is 0 Å². The first-order chi connectivity index (χ1) is 9.69. The van der Waals surface area contributed by atoms with Crippen molar-refractivity contribution in [1.29, 1.82) is 0 Å². The summed E-state index contributed by atoms with van der Waals surface area (Å²) in [4.78, 5) is 3.92. The lowest BCUT2D eigenvalue weighted by molar-refractivity contribution is 0.189. The Bertz CT molecular complexity index is 680. The predicted octanol–water partition coefficient (Wildman–Crippen LogP) is 2.99. The standard InChI is InChI=1S/C14H18N4S2/c1-3-6-17-11(2)15-18(14(17)19)10-16-7-4-13-12(9-16)5-8-20-13/h3,5,8H,1,4,6-7,9-10H2,2H3. The average Bonchev–Trinajstić information content (AvgIpc) is 2.99. The van der Waals surface area contributed by atoms with Crippen LogP contribution in [-0.2, 0) is 26.2 Å². The van der Waals surface area contributed by atoms with E-state index >= 15 is 0 Å². The summed E-state index contributed by atoms with van der Waals surface area (Å²) < 4.78 is 4.71. The van der Waals surface area contributed by atoms with Gasteiger partial charge in [0.05, 0.1) is 6.67 Å². The number of hydrogen-bond acceptors (Lipinski definition) is 4. The van der Waals surface area contributed by atoms with Gasteiger partial charge in [-0.3, -0.25) is 4.90 Å². The highest BCUT2D eigenvalue weighted by Crippen LogP contribution is 2.24. The second-order valence-corrected chi connectivity index (χ2v) is 6.41. The van der Waals surface area contributed by atoms with E-state index in [9.17, 15) is 0 Å². The van der Waals surface area contributed by atoms with Crippen LogP contribution in [0, 0.1) is 11.7 Å². The molecule has 3 rings (SSSR count). The highest BCUT2D eigenvalue weighted by molar-refractivity contribution is 7.71. The highest BCUT2D eigenvalue weighted by atomic mass is 32.1. The Kier molecular flexibility index (Phi) is 3.87. The van der Waals surface area contributed by atoms with Crippen LogP contribution in [0.25, 0.3) is 0 Å². The van der Waals surface area contributed by atoms with E-state index in [0.717, 1.165) is 43.3 Å². The summed E-state index contributed by atoms with van der Waals surface area (Å²) in [5, 5.41) is 6.74. The molecule has 106 valence electrons. The van der Waals surface area contributed by atoms with Crippen molar-refractivity contribution in [3.63, 3.8) is 0 Å². The van der Waals surface area contributed by atoms with E-state index in [1.54, 1.807) is 0 Å². The molecule has 0 atom stereocenters. The van der Waals surface area contributed by atoms with E-state index in [2.05, 4.69) is 28.0 Å². The van der Waals surface area contributed by atoms with Gasteiger partial charge in [-0.25, -0.2) is 4.68 Å². The number of aryl methyl sites for hydroxylation is 1. The van der Waals surface area contributed by atoms with E-state index in [0.29, 0.717) is 0 Å². The van der Waals surface area contributed by atoms with Gasteiger partial charge in [-0.1, -0.05) is 6.08 Å². The maximum Gasteiger partial charge on any atom is 0.199 e. The van der Waals surface area contributed by atoms with Gasteiger partial charge in [0, 0.05) is 24.5 Å². The fourth-order valence-corrected chi connectivity index (χ4v) is 3.79. The molecule has 20 heavy (non-hydrogen) atoms.